The van der Waals surface area contributed by atoms with Crippen LogP contribution in [0.4, 0.5) is 5.69 Å². The Hall–Kier alpha value is -1.16. The lowest BCUT2D eigenvalue weighted by molar-refractivity contribution is -0.108. The van der Waals surface area contributed by atoms with E-state index in [1.54, 1.807) is 6.33 Å². The molecule has 100 valence electrons. The largest absolute Gasteiger partial charge is 0.379 e. The van der Waals surface area contributed by atoms with Crippen LogP contribution in [0.25, 0.3) is 0 Å². The summed E-state index contributed by atoms with van der Waals surface area (Å²) in [4.78, 5) is 8.04. The van der Waals surface area contributed by atoms with Gasteiger partial charge in [-0.1, -0.05) is 27.7 Å². The van der Waals surface area contributed by atoms with Crippen molar-refractivity contribution in [2.75, 3.05) is 11.9 Å². The molecule has 2 rings (SSSR count). The Morgan fingerprint density at radius 3 is 2.61 bits per heavy atom. The fourth-order valence-corrected chi connectivity index (χ4v) is 2.30. The third kappa shape index (κ3) is 2.80. The van der Waals surface area contributed by atoms with Crippen molar-refractivity contribution in [3.63, 3.8) is 0 Å². The highest BCUT2D eigenvalue weighted by Gasteiger charge is 2.49. The summed E-state index contributed by atoms with van der Waals surface area (Å²) in [6, 6.07) is 0.431. The Bertz CT molecular complexity index is 378. The molecule has 2 unspecified atom stereocenters. The summed E-state index contributed by atoms with van der Waals surface area (Å²) >= 11 is 0. The van der Waals surface area contributed by atoms with Crippen molar-refractivity contribution in [2.24, 2.45) is 11.3 Å². The summed E-state index contributed by atoms with van der Waals surface area (Å²) in [7, 11) is 0. The third-order valence-corrected chi connectivity index (χ3v) is 3.71. The summed E-state index contributed by atoms with van der Waals surface area (Å²) in [5.74, 6) is 0.593. The zero-order valence-corrected chi connectivity index (χ0v) is 11.7. The Morgan fingerprint density at radius 2 is 2.06 bits per heavy atom. The second-order valence-corrected chi connectivity index (χ2v) is 6.10. The van der Waals surface area contributed by atoms with Crippen molar-refractivity contribution >= 4 is 5.69 Å². The van der Waals surface area contributed by atoms with Gasteiger partial charge in [0.2, 0.25) is 0 Å². The molecule has 1 aromatic rings. The Morgan fingerprint density at radius 1 is 1.39 bits per heavy atom. The first-order valence-corrected chi connectivity index (χ1v) is 6.63. The van der Waals surface area contributed by atoms with Gasteiger partial charge in [-0.15, -0.1) is 0 Å². The smallest absolute Gasteiger partial charge is 0.115 e. The van der Waals surface area contributed by atoms with Crippen LogP contribution in [0.1, 0.15) is 34.1 Å². The quantitative estimate of drug-likeness (QED) is 0.871. The minimum Gasteiger partial charge on any atom is -0.379 e. The van der Waals surface area contributed by atoms with Gasteiger partial charge in [0.25, 0.3) is 0 Å². The summed E-state index contributed by atoms with van der Waals surface area (Å²) in [5, 5.41) is 3.48. The van der Waals surface area contributed by atoms with Crippen LogP contribution in [0.5, 0.6) is 0 Å². The molecular weight excluding hydrogens is 226 g/mol. The lowest BCUT2D eigenvalue weighted by Gasteiger charge is -2.52. The zero-order chi connectivity index (χ0) is 13.2. The molecule has 4 heteroatoms. The first kappa shape index (κ1) is 13.3. The van der Waals surface area contributed by atoms with Crippen molar-refractivity contribution < 1.29 is 4.74 Å². The van der Waals surface area contributed by atoms with E-state index in [0.29, 0.717) is 18.1 Å². The van der Waals surface area contributed by atoms with Crippen LogP contribution in [0.15, 0.2) is 18.7 Å². The standard InChI is InChI=1S/C14H23N3O/c1-10(2)8-18-13-5-12(14(13,3)4)17-11-6-15-9-16-7-11/h6-7,9-10,12-13,17H,5,8H2,1-4H3. The van der Waals surface area contributed by atoms with Gasteiger partial charge in [0.1, 0.15) is 6.33 Å². The molecule has 0 bridgehead atoms. The van der Waals surface area contributed by atoms with Crippen LogP contribution >= 0.6 is 0 Å². The van der Waals surface area contributed by atoms with Crippen LogP contribution in [-0.4, -0.2) is 28.7 Å². The molecule has 0 radical (unpaired) electrons. The Balaban J connectivity index is 1.87. The minimum absolute atomic E-state index is 0.157. The number of ether oxygens (including phenoxy) is 1. The van der Waals surface area contributed by atoms with Gasteiger partial charge >= 0.3 is 0 Å². The van der Waals surface area contributed by atoms with Gasteiger partial charge in [-0.3, -0.25) is 0 Å². The SMILES string of the molecule is CC(C)COC1CC(Nc2cncnc2)C1(C)C. The fourth-order valence-electron chi connectivity index (χ4n) is 2.30. The first-order valence-electron chi connectivity index (χ1n) is 6.63. The highest BCUT2D eigenvalue weighted by Crippen LogP contribution is 2.44. The molecule has 2 atom stereocenters. The van der Waals surface area contributed by atoms with Gasteiger partial charge in [-0.2, -0.15) is 0 Å². The van der Waals surface area contributed by atoms with E-state index in [-0.39, 0.29) is 5.41 Å². The maximum atomic E-state index is 5.95. The van der Waals surface area contributed by atoms with E-state index in [9.17, 15) is 0 Å². The second kappa shape index (κ2) is 5.22. The lowest BCUT2D eigenvalue weighted by Crippen LogP contribution is -2.58. The molecule has 0 aliphatic heterocycles. The second-order valence-electron chi connectivity index (χ2n) is 6.10. The molecule has 0 aromatic carbocycles. The van der Waals surface area contributed by atoms with E-state index in [1.165, 1.54) is 0 Å². The molecule has 1 aliphatic rings. The monoisotopic (exact) mass is 249 g/mol. The molecule has 0 amide bonds. The Labute approximate surface area is 109 Å². The van der Waals surface area contributed by atoms with Crippen molar-refractivity contribution in [3.8, 4) is 0 Å². The average molecular weight is 249 g/mol. The van der Waals surface area contributed by atoms with Gasteiger partial charge in [0, 0.05) is 18.1 Å². The minimum atomic E-state index is 0.157. The number of aromatic nitrogens is 2. The lowest BCUT2D eigenvalue weighted by atomic mass is 9.64. The van der Waals surface area contributed by atoms with Crippen molar-refractivity contribution in [2.45, 2.75) is 46.3 Å². The highest BCUT2D eigenvalue weighted by molar-refractivity contribution is 5.40. The summed E-state index contributed by atoms with van der Waals surface area (Å²) in [6.07, 6.45) is 6.57. The predicted octanol–water partition coefficient (Wildman–Crippen LogP) is 2.73. The van der Waals surface area contributed by atoms with Gasteiger partial charge < -0.3 is 10.1 Å². The maximum absolute atomic E-state index is 5.95. The first-order chi connectivity index (χ1) is 8.50. The van der Waals surface area contributed by atoms with Crippen LogP contribution in [0.2, 0.25) is 0 Å². The molecule has 1 fully saturated rings. The number of hydrogen-bond acceptors (Lipinski definition) is 4. The van der Waals surface area contributed by atoms with Crippen molar-refractivity contribution in [3.05, 3.63) is 18.7 Å². The zero-order valence-electron chi connectivity index (χ0n) is 11.7. The van der Waals surface area contributed by atoms with E-state index in [0.717, 1.165) is 18.7 Å². The maximum Gasteiger partial charge on any atom is 0.115 e. The summed E-state index contributed by atoms with van der Waals surface area (Å²) in [5.41, 5.74) is 1.14. The molecule has 0 saturated heterocycles. The van der Waals surface area contributed by atoms with Crippen LogP contribution in [0.3, 0.4) is 0 Å². The van der Waals surface area contributed by atoms with Crippen LogP contribution in [-0.2, 0) is 4.74 Å². The fraction of sp³-hybridized carbons (Fsp3) is 0.714. The molecule has 18 heavy (non-hydrogen) atoms. The highest BCUT2D eigenvalue weighted by atomic mass is 16.5. The number of rotatable bonds is 5. The van der Waals surface area contributed by atoms with E-state index in [4.69, 9.17) is 4.74 Å². The van der Waals surface area contributed by atoms with Gasteiger partial charge in [0.05, 0.1) is 24.2 Å². The van der Waals surface area contributed by atoms with E-state index < -0.39 is 0 Å². The summed E-state index contributed by atoms with van der Waals surface area (Å²) in [6.45, 7) is 9.71. The van der Waals surface area contributed by atoms with Gasteiger partial charge in [-0.25, -0.2) is 9.97 Å². The van der Waals surface area contributed by atoms with Gasteiger partial charge in [-0.05, 0) is 12.3 Å². The van der Waals surface area contributed by atoms with Crippen molar-refractivity contribution in [1.29, 1.82) is 0 Å². The molecule has 1 aromatic heterocycles. The average Bonchev–Trinajstić information content (AvgIpc) is 2.33. The predicted molar refractivity (Wildman–Crippen MR) is 72.4 cm³/mol. The van der Waals surface area contributed by atoms with E-state index >= 15 is 0 Å². The topological polar surface area (TPSA) is 47.0 Å². The molecule has 1 heterocycles. The molecule has 1 N–H and O–H groups in total. The van der Waals surface area contributed by atoms with Crippen LogP contribution < -0.4 is 5.32 Å². The molecular formula is C14H23N3O. The molecule has 0 spiro atoms. The number of anilines is 1. The van der Waals surface area contributed by atoms with E-state index in [1.807, 2.05) is 12.4 Å². The van der Waals surface area contributed by atoms with Crippen LogP contribution in [0, 0.1) is 11.3 Å². The number of hydrogen-bond donors (Lipinski definition) is 1. The molecule has 1 aliphatic carbocycles. The third-order valence-electron chi connectivity index (χ3n) is 3.71. The Kier molecular flexibility index (Phi) is 3.85. The molecule has 1 saturated carbocycles. The van der Waals surface area contributed by atoms with E-state index in [2.05, 4.69) is 43.0 Å². The van der Waals surface area contributed by atoms with Crippen molar-refractivity contribution in [1.82, 2.24) is 9.97 Å². The van der Waals surface area contributed by atoms with Gasteiger partial charge in [0.15, 0.2) is 0 Å². The molecule has 4 nitrogen and oxygen atoms in total. The number of nitrogens with zero attached hydrogens (tertiary/aromatic N) is 2. The number of nitrogens with one attached hydrogen (secondary N) is 1. The summed E-state index contributed by atoms with van der Waals surface area (Å²) < 4.78 is 5.95. The normalized spacial score (nSPS) is 25.8.